The van der Waals surface area contributed by atoms with Gasteiger partial charge in [0, 0.05) is 11.6 Å². The van der Waals surface area contributed by atoms with Gasteiger partial charge in [-0.05, 0) is 13.8 Å². The number of anilines is 1. The fraction of sp³-hybridized carbons (Fsp3) is 0.400. The van der Waals surface area contributed by atoms with Crippen LogP contribution in [0, 0.1) is 0 Å². The third-order valence-electron chi connectivity index (χ3n) is 4.41. The number of thiazole rings is 1. The molecule has 2 atom stereocenters. The molecule has 0 aromatic carbocycles. The number of nitrogen functional groups attached to an aromatic ring is 1. The minimum absolute atomic E-state index is 0.0672. The Labute approximate surface area is 189 Å². The van der Waals surface area contributed by atoms with Crippen molar-refractivity contribution in [3.63, 3.8) is 0 Å². The maximum Gasteiger partial charge on any atom is 0.362 e. The molecule has 0 saturated carbocycles. The van der Waals surface area contributed by atoms with E-state index in [1.54, 1.807) is 0 Å². The molecule has 1 saturated heterocycles. The lowest BCUT2D eigenvalue weighted by Gasteiger charge is -2.43. The molecule has 2 aromatic rings. The van der Waals surface area contributed by atoms with Crippen LogP contribution in [-0.4, -0.2) is 83.5 Å². The molecule has 18 heteroatoms. The van der Waals surface area contributed by atoms with Crippen molar-refractivity contribution in [1.82, 2.24) is 29.6 Å². The molecule has 0 radical (unpaired) electrons. The number of amides is 2. The van der Waals surface area contributed by atoms with Gasteiger partial charge in [0.25, 0.3) is 11.8 Å². The van der Waals surface area contributed by atoms with Crippen molar-refractivity contribution in [3.8, 4) is 0 Å². The number of hydrogen-bond acceptors (Lipinski definition) is 12. The number of carboxylic acids is 1. The number of aromatic nitrogens is 4. The highest BCUT2D eigenvalue weighted by Gasteiger charge is 2.54. The van der Waals surface area contributed by atoms with Crippen LogP contribution in [0.5, 0.6) is 0 Å². The van der Waals surface area contributed by atoms with Gasteiger partial charge < -0.3 is 21.0 Å². The number of nitrogens with one attached hydrogen (secondary N) is 1. The highest BCUT2D eigenvalue weighted by atomic mass is 32.2. The van der Waals surface area contributed by atoms with Crippen LogP contribution in [0.3, 0.4) is 0 Å². The summed E-state index contributed by atoms with van der Waals surface area (Å²) in [6.07, 6.45) is 2.70. The highest BCUT2D eigenvalue weighted by Crippen LogP contribution is 2.25. The lowest BCUT2D eigenvalue weighted by molar-refractivity contribution is -0.161. The van der Waals surface area contributed by atoms with E-state index < -0.39 is 51.5 Å². The van der Waals surface area contributed by atoms with Gasteiger partial charge in [0.1, 0.15) is 11.7 Å². The Morgan fingerprint density at radius 3 is 2.64 bits per heavy atom. The number of β-lactam (4-membered cyclic amide) rings is 1. The Morgan fingerprint density at radius 2 is 2.12 bits per heavy atom. The largest absolute Gasteiger partial charge is 0.478 e. The lowest BCUT2D eigenvalue weighted by atomic mass is 9.98. The van der Waals surface area contributed by atoms with Crippen LogP contribution in [0.2, 0.25) is 0 Å². The van der Waals surface area contributed by atoms with Crippen molar-refractivity contribution in [2.45, 2.75) is 38.1 Å². The molecule has 178 valence electrons. The fourth-order valence-electron chi connectivity index (χ4n) is 2.67. The molecule has 0 unspecified atom stereocenters. The zero-order valence-electron chi connectivity index (χ0n) is 17.0. The van der Waals surface area contributed by atoms with Crippen molar-refractivity contribution in [2.75, 3.05) is 5.73 Å². The molecule has 5 N–H and O–H groups in total. The SMILES string of the molecule is CC(C)(O/N=C(\C(=O)N[C@@H]1C(=O)N(S(=O)(=O)O)[C@@H]1Cn1ccnn1)c1csc(N)n1)C(=O)O. The van der Waals surface area contributed by atoms with E-state index in [0.717, 1.165) is 11.3 Å². The molecule has 16 nitrogen and oxygen atoms in total. The number of aliphatic carboxylic acids is 1. The monoisotopic (exact) mass is 502 g/mol. The molecule has 3 heterocycles. The summed E-state index contributed by atoms with van der Waals surface area (Å²) < 4.78 is 34.0. The van der Waals surface area contributed by atoms with E-state index in [1.165, 1.54) is 36.3 Å². The third-order valence-corrected chi connectivity index (χ3v) is 6.03. The minimum atomic E-state index is -4.92. The quantitative estimate of drug-likeness (QED) is 0.127. The topological polar surface area (TPSA) is 232 Å². The summed E-state index contributed by atoms with van der Waals surface area (Å²) in [5.41, 5.74) is 3.21. The second-order valence-electron chi connectivity index (χ2n) is 7.17. The number of nitrogens with zero attached hydrogens (tertiary/aromatic N) is 6. The predicted molar refractivity (Wildman–Crippen MR) is 110 cm³/mol. The summed E-state index contributed by atoms with van der Waals surface area (Å²) in [6, 6.07) is -2.64. The normalized spacial score (nSPS) is 19.2. The van der Waals surface area contributed by atoms with E-state index in [9.17, 15) is 32.5 Å². The van der Waals surface area contributed by atoms with Crippen molar-refractivity contribution in [3.05, 3.63) is 23.5 Å². The number of carboxylic acid groups (broad SMARTS) is 1. The fourth-order valence-corrected chi connectivity index (χ4v) is 4.09. The van der Waals surface area contributed by atoms with E-state index in [-0.39, 0.29) is 21.7 Å². The molecule has 2 amide bonds. The zero-order valence-corrected chi connectivity index (χ0v) is 18.6. The first-order valence-corrected chi connectivity index (χ1v) is 11.3. The van der Waals surface area contributed by atoms with Gasteiger partial charge in [-0.1, -0.05) is 10.4 Å². The summed E-state index contributed by atoms with van der Waals surface area (Å²) in [6.45, 7) is 2.16. The molecule has 1 fully saturated rings. The van der Waals surface area contributed by atoms with Crippen LogP contribution in [0.25, 0.3) is 0 Å². The summed E-state index contributed by atoms with van der Waals surface area (Å²) in [4.78, 5) is 45.5. The first-order valence-electron chi connectivity index (χ1n) is 8.98. The van der Waals surface area contributed by atoms with Crippen LogP contribution in [-0.2, 0) is 36.1 Å². The van der Waals surface area contributed by atoms with Gasteiger partial charge in [-0.15, -0.1) is 16.4 Å². The summed E-state index contributed by atoms with van der Waals surface area (Å²) in [7, 11) is -4.92. The van der Waals surface area contributed by atoms with Gasteiger partial charge in [0.05, 0.1) is 18.8 Å². The number of rotatable bonds is 9. The molecule has 33 heavy (non-hydrogen) atoms. The van der Waals surface area contributed by atoms with Crippen LogP contribution in [0.4, 0.5) is 5.13 Å². The van der Waals surface area contributed by atoms with Crippen LogP contribution in [0.1, 0.15) is 19.5 Å². The van der Waals surface area contributed by atoms with Crippen molar-refractivity contribution in [1.29, 1.82) is 0 Å². The molecule has 0 bridgehead atoms. The Morgan fingerprint density at radius 1 is 1.42 bits per heavy atom. The van der Waals surface area contributed by atoms with E-state index >= 15 is 0 Å². The van der Waals surface area contributed by atoms with E-state index in [0.29, 0.717) is 0 Å². The van der Waals surface area contributed by atoms with Gasteiger partial charge in [0.15, 0.2) is 10.8 Å². The average Bonchev–Trinajstić information content (AvgIpc) is 3.36. The average molecular weight is 502 g/mol. The van der Waals surface area contributed by atoms with Gasteiger partial charge >= 0.3 is 16.3 Å². The standard InChI is InChI=1S/C15H18N8O8S2/c1-15(2,13(26)27)31-20-9(7-6-32-14(16)18-7)11(24)19-10-8(5-22-4-3-17-21-22)23(12(10)25)33(28,29)30/h3-4,6,8,10H,5H2,1-2H3,(H2,16,18)(H,19,24)(H,26,27)(H,28,29,30)/b20-9-/t8-,10+/m1/s1. The first-order chi connectivity index (χ1) is 15.3. The Hall–Kier alpha value is -3.64. The molecular weight excluding hydrogens is 484 g/mol. The number of carbonyl (C=O) groups is 3. The lowest BCUT2D eigenvalue weighted by Crippen LogP contribution is -2.73. The van der Waals surface area contributed by atoms with Crippen molar-refractivity contribution in [2.24, 2.45) is 5.16 Å². The molecule has 0 spiro atoms. The Kier molecular flexibility index (Phi) is 6.34. The number of hydrogen-bond donors (Lipinski definition) is 4. The number of carbonyl (C=O) groups excluding carboxylic acids is 2. The molecule has 2 aromatic heterocycles. The Bertz CT molecular complexity index is 1210. The second-order valence-corrected chi connectivity index (χ2v) is 9.35. The van der Waals surface area contributed by atoms with Gasteiger partial charge in [-0.25, -0.2) is 14.1 Å². The summed E-state index contributed by atoms with van der Waals surface area (Å²) >= 11 is 0.964. The summed E-state index contributed by atoms with van der Waals surface area (Å²) in [5.74, 6) is -3.51. The van der Waals surface area contributed by atoms with Crippen LogP contribution in [0.15, 0.2) is 22.9 Å². The minimum Gasteiger partial charge on any atom is -0.478 e. The maximum absolute atomic E-state index is 12.9. The molecule has 1 aliphatic rings. The molecule has 3 rings (SSSR count). The number of nitrogens with two attached hydrogens (primary N) is 1. The van der Waals surface area contributed by atoms with Crippen LogP contribution < -0.4 is 11.1 Å². The van der Waals surface area contributed by atoms with E-state index in [2.05, 4.69) is 25.8 Å². The third kappa shape index (κ3) is 5.07. The van der Waals surface area contributed by atoms with Gasteiger partial charge in [-0.3, -0.25) is 18.8 Å². The van der Waals surface area contributed by atoms with E-state index in [4.69, 9.17) is 10.6 Å². The van der Waals surface area contributed by atoms with Gasteiger partial charge in [0.2, 0.25) is 5.60 Å². The zero-order chi connectivity index (χ0) is 24.6. The first kappa shape index (κ1) is 24.0. The van der Waals surface area contributed by atoms with Crippen molar-refractivity contribution >= 4 is 50.3 Å². The second kappa shape index (κ2) is 8.71. The molecule has 0 aliphatic carbocycles. The maximum atomic E-state index is 12.9. The molecular formula is C15H18N8O8S2. The highest BCUT2D eigenvalue weighted by molar-refractivity contribution is 7.84. The Balaban J connectivity index is 1.88. The smallest absolute Gasteiger partial charge is 0.362 e. The predicted octanol–water partition coefficient (Wildman–Crippen LogP) is -1.90. The van der Waals surface area contributed by atoms with Crippen LogP contribution >= 0.6 is 11.3 Å². The van der Waals surface area contributed by atoms with Gasteiger partial charge in [-0.2, -0.15) is 8.42 Å². The number of oxime groups is 1. The summed E-state index contributed by atoms with van der Waals surface area (Å²) in [5, 5.41) is 23.7. The molecule has 1 aliphatic heterocycles. The van der Waals surface area contributed by atoms with Crippen molar-refractivity contribution < 1.29 is 37.3 Å². The van der Waals surface area contributed by atoms with E-state index in [1.807, 2.05) is 0 Å².